The Balaban J connectivity index is 1.58. The smallest absolute Gasteiger partial charge is 0.375 e. The minimum atomic E-state index is -0.798. The number of ether oxygens (including phenoxy) is 2. The van der Waals surface area contributed by atoms with Crippen LogP contribution in [0, 0.1) is 20.8 Å². The van der Waals surface area contributed by atoms with Crippen molar-refractivity contribution in [2.24, 2.45) is 0 Å². The average Bonchev–Trinajstić information content (AvgIpc) is 3.05. The van der Waals surface area contributed by atoms with Gasteiger partial charge >= 0.3 is 12.0 Å². The van der Waals surface area contributed by atoms with Gasteiger partial charge in [-0.05, 0) is 56.2 Å². The summed E-state index contributed by atoms with van der Waals surface area (Å²) in [4.78, 5) is 36.3. The van der Waals surface area contributed by atoms with Crippen LogP contribution in [0.25, 0.3) is 11.0 Å². The molecule has 156 valence electrons. The van der Waals surface area contributed by atoms with Gasteiger partial charge in [-0.3, -0.25) is 10.1 Å². The number of carbonyl (C=O) groups is 3. The first-order valence-electron chi connectivity index (χ1n) is 9.21. The number of nitrogens with one attached hydrogen (secondary N) is 2. The van der Waals surface area contributed by atoms with Crippen LogP contribution < -0.4 is 15.4 Å². The molecule has 0 spiro atoms. The molecular formula is C22H22N2O6. The van der Waals surface area contributed by atoms with Crippen molar-refractivity contribution in [3.63, 3.8) is 0 Å². The number of carbonyl (C=O) groups excluding carboxylic acids is 3. The van der Waals surface area contributed by atoms with Crippen molar-refractivity contribution >= 4 is 34.6 Å². The molecule has 0 aliphatic carbocycles. The van der Waals surface area contributed by atoms with Gasteiger partial charge in [-0.2, -0.15) is 0 Å². The molecule has 1 aromatic heterocycles. The van der Waals surface area contributed by atoms with Gasteiger partial charge in [0.2, 0.25) is 5.76 Å². The Hall–Kier alpha value is -3.81. The maximum atomic E-state index is 12.3. The predicted molar refractivity (Wildman–Crippen MR) is 111 cm³/mol. The lowest BCUT2D eigenvalue weighted by molar-refractivity contribution is -0.123. The van der Waals surface area contributed by atoms with Crippen LogP contribution in [-0.4, -0.2) is 31.6 Å². The number of anilines is 1. The second kappa shape index (κ2) is 8.69. The lowest BCUT2D eigenvalue weighted by Gasteiger charge is -2.11. The molecule has 1 heterocycles. The van der Waals surface area contributed by atoms with Crippen LogP contribution >= 0.6 is 0 Å². The van der Waals surface area contributed by atoms with Gasteiger partial charge in [-0.25, -0.2) is 9.59 Å². The predicted octanol–water partition coefficient (Wildman–Crippen LogP) is 3.87. The topological polar surface area (TPSA) is 107 Å². The van der Waals surface area contributed by atoms with Gasteiger partial charge in [0.05, 0.1) is 7.11 Å². The molecule has 0 saturated carbocycles. The van der Waals surface area contributed by atoms with Gasteiger partial charge in [0.15, 0.2) is 6.61 Å². The highest BCUT2D eigenvalue weighted by atomic mass is 16.5. The SMILES string of the molecule is COc1ccc2oc(C(=O)OCC(=O)NC(=O)Nc3cccc(C)c3C)c(C)c2c1. The van der Waals surface area contributed by atoms with Crippen molar-refractivity contribution < 1.29 is 28.3 Å². The first kappa shape index (κ1) is 20.9. The molecule has 8 heteroatoms. The summed E-state index contributed by atoms with van der Waals surface area (Å²) in [6.45, 7) is 4.86. The third-order valence-electron chi connectivity index (χ3n) is 4.77. The van der Waals surface area contributed by atoms with Crippen molar-refractivity contribution in [3.8, 4) is 5.75 Å². The van der Waals surface area contributed by atoms with Crippen LogP contribution in [0.2, 0.25) is 0 Å². The Kier molecular flexibility index (Phi) is 6.06. The number of rotatable bonds is 5. The highest BCUT2D eigenvalue weighted by molar-refractivity contribution is 6.03. The van der Waals surface area contributed by atoms with Crippen molar-refractivity contribution in [1.29, 1.82) is 0 Å². The summed E-state index contributed by atoms with van der Waals surface area (Å²) in [5.41, 5.74) is 3.56. The number of hydrogen-bond donors (Lipinski definition) is 2. The first-order chi connectivity index (χ1) is 14.3. The summed E-state index contributed by atoms with van der Waals surface area (Å²) in [5.74, 6) is -0.944. The fourth-order valence-electron chi connectivity index (χ4n) is 2.92. The van der Waals surface area contributed by atoms with E-state index in [4.69, 9.17) is 13.9 Å². The number of fused-ring (bicyclic) bond motifs is 1. The van der Waals surface area contributed by atoms with E-state index < -0.39 is 24.5 Å². The zero-order valence-electron chi connectivity index (χ0n) is 17.1. The number of amides is 3. The zero-order chi connectivity index (χ0) is 21.8. The van der Waals surface area contributed by atoms with Crippen LogP contribution in [0.15, 0.2) is 40.8 Å². The molecule has 0 aliphatic heterocycles. The number of esters is 1. The van der Waals surface area contributed by atoms with E-state index in [1.807, 2.05) is 19.9 Å². The molecule has 0 radical (unpaired) electrons. The van der Waals surface area contributed by atoms with Gasteiger partial charge in [-0.1, -0.05) is 12.1 Å². The zero-order valence-corrected chi connectivity index (χ0v) is 17.1. The molecule has 0 fully saturated rings. The van der Waals surface area contributed by atoms with Crippen LogP contribution in [0.5, 0.6) is 5.75 Å². The lowest BCUT2D eigenvalue weighted by atomic mass is 10.1. The molecule has 0 aliphatic rings. The molecule has 3 aromatic rings. The molecular weight excluding hydrogens is 388 g/mol. The standard InChI is InChI=1S/C22H22N2O6/c1-12-6-5-7-17(13(12)2)23-22(27)24-19(25)11-29-21(26)20-14(3)16-10-15(28-4)8-9-18(16)30-20/h5-10H,11H2,1-4H3,(H2,23,24,25,27). The number of furan rings is 1. The molecule has 0 atom stereocenters. The van der Waals surface area contributed by atoms with E-state index in [-0.39, 0.29) is 5.76 Å². The average molecular weight is 410 g/mol. The summed E-state index contributed by atoms with van der Waals surface area (Å²) in [7, 11) is 1.54. The third kappa shape index (κ3) is 4.43. The number of aryl methyl sites for hydroxylation is 2. The summed E-state index contributed by atoms with van der Waals surface area (Å²) < 4.78 is 15.7. The monoisotopic (exact) mass is 410 g/mol. The van der Waals surface area contributed by atoms with Crippen LogP contribution in [0.3, 0.4) is 0 Å². The van der Waals surface area contributed by atoms with E-state index in [0.29, 0.717) is 28.0 Å². The van der Waals surface area contributed by atoms with E-state index in [1.54, 1.807) is 44.4 Å². The molecule has 3 amide bonds. The lowest BCUT2D eigenvalue weighted by Crippen LogP contribution is -2.37. The van der Waals surface area contributed by atoms with Gasteiger partial charge in [0, 0.05) is 16.6 Å². The fourth-order valence-corrected chi connectivity index (χ4v) is 2.92. The Labute approximate surface area is 173 Å². The molecule has 0 bridgehead atoms. The van der Waals surface area contributed by atoms with Crippen molar-refractivity contribution in [1.82, 2.24) is 5.32 Å². The second-order valence-corrected chi connectivity index (χ2v) is 6.74. The summed E-state index contributed by atoms with van der Waals surface area (Å²) in [6.07, 6.45) is 0. The van der Waals surface area contributed by atoms with Crippen LogP contribution in [-0.2, 0) is 9.53 Å². The number of urea groups is 1. The second-order valence-electron chi connectivity index (χ2n) is 6.74. The molecule has 0 saturated heterocycles. The summed E-state index contributed by atoms with van der Waals surface area (Å²) in [5, 5.41) is 5.43. The largest absolute Gasteiger partial charge is 0.497 e. The quantitative estimate of drug-likeness (QED) is 0.619. The van der Waals surface area contributed by atoms with Gasteiger partial charge < -0.3 is 19.2 Å². The number of imide groups is 1. The Morgan fingerprint density at radius 1 is 1.03 bits per heavy atom. The molecule has 3 rings (SSSR count). The maximum absolute atomic E-state index is 12.3. The normalized spacial score (nSPS) is 10.5. The van der Waals surface area contributed by atoms with E-state index >= 15 is 0 Å². The van der Waals surface area contributed by atoms with Gasteiger partial charge in [0.1, 0.15) is 11.3 Å². The van der Waals surface area contributed by atoms with Crippen molar-refractivity contribution in [2.75, 3.05) is 19.0 Å². The first-order valence-corrected chi connectivity index (χ1v) is 9.21. The molecule has 2 N–H and O–H groups in total. The number of hydrogen-bond acceptors (Lipinski definition) is 6. The van der Waals surface area contributed by atoms with Crippen molar-refractivity contribution in [3.05, 3.63) is 58.8 Å². The summed E-state index contributed by atoms with van der Waals surface area (Å²) >= 11 is 0. The maximum Gasteiger partial charge on any atom is 0.375 e. The number of benzene rings is 2. The van der Waals surface area contributed by atoms with Gasteiger partial charge in [-0.15, -0.1) is 0 Å². The van der Waals surface area contributed by atoms with Crippen LogP contribution in [0.4, 0.5) is 10.5 Å². The van der Waals surface area contributed by atoms with E-state index in [9.17, 15) is 14.4 Å². The highest BCUT2D eigenvalue weighted by Gasteiger charge is 2.21. The Morgan fingerprint density at radius 2 is 1.80 bits per heavy atom. The molecule has 2 aromatic carbocycles. The Morgan fingerprint density at radius 3 is 2.53 bits per heavy atom. The minimum Gasteiger partial charge on any atom is -0.497 e. The van der Waals surface area contributed by atoms with E-state index in [1.165, 1.54) is 0 Å². The number of methoxy groups -OCH3 is 1. The van der Waals surface area contributed by atoms with E-state index in [2.05, 4.69) is 10.6 Å². The fraction of sp³-hybridized carbons (Fsp3) is 0.227. The van der Waals surface area contributed by atoms with E-state index in [0.717, 1.165) is 11.1 Å². The van der Waals surface area contributed by atoms with Crippen LogP contribution in [0.1, 0.15) is 27.2 Å². The minimum absolute atomic E-state index is 0.00844. The molecule has 0 unspecified atom stereocenters. The molecule has 8 nitrogen and oxygen atoms in total. The third-order valence-corrected chi connectivity index (χ3v) is 4.77. The highest BCUT2D eigenvalue weighted by Crippen LogP contribution is 2.29. The van der Waals surface area contributed by atoms with Crippen molar-refractivity contribution in [2.45, 2.75) is 20.8 Å². The summed E-state index contributed by atoms with van der Waals surface area (Å²) in [6, 6.07) is 9.87. The van der Waals surface area contributed by atoms with Gasteiger partial charge in [0.25, 0.3) is 5.91 Å². The molecule has 30 heavy (non-hydrogen) atoms. The Bertz CT molecular complexity index is 1130.